The largest absolute Gasteiger partial charge is 0.481 e. The number of hydrogen-bond donors (Lipinski definition) is 1. The van der Waals surface area contributed by atoms with Crippen molar-refractivity contribution in [1.29, 1.82) is 0 Å². The Hall–Kier alpha value is -0.870. The van der Waals surface area contributed by atoms with E-state index in [1.807, 2.05) is 24.3 Å². The third kappa shape index (κ3) is 3.56. The number of halogens is 1. The topological polar surface area (TPSA) is 46.5 Å². The second-order valence-electron chi connectivity index (χ2n) is 4.65. The maximum absolute atomic E-state index is 11.3. The van der Waals surface area contributed by atoms with E-state index in [4.69, 9.17) is 4.74 Å². The van der Waals surface area contributed by atoms with Gasteiger partial charge in [-0.2, -0.15) is 0 Å². The summed E-state index contributed by atoms with van der Waals surface area (Å²) in [5.41, 5.74) is 0.865. The van der Waals surface area contributed by atoms with Gasteiger partial charge in [-0.15, -0.1) is 0 Å². The SMILES string of the molecule is O=C(O)C(CCC1CCCO1)c1ccc(Br)cc1. The molecule has 1 aliphatic rings. The summed E-state index contributed by atoms with van der Waals surface area (Å²) in [4.78, 5) is 11.3. The van der Waals surface area contributed by atoms with Gasteiger partial charge in [0.05, 0.1) is 12.0 Å². The zero-order valence-corrected chi connectivity index (χ0v) is 11.7. The Morgan fingerprint density at radius 2 is 2.17 bits per heavy atom. The van der Waals surface area contributed by atoms with E-state index < -0.39 is 11.9 Å². The maximum Gasteiger partial charge on any atom is 0.310 e. The van der Waals surface area contributed by atoms with Crippen LogP contribution in [0.25, 0.3) is 0 Å². The normalized spacial score (nSPS) is 20.8. The van der Waals surface area contributed by atoms with Crippen LogP contribution in [-0.4, -0.2) is 23.8 Å². The van der Waals surface area contributed by atoms with Crippen LogP contribution >= 0.6 is 15.9 Å². The molecule has 4 heteroatoms. The van der Waals surface area contributed by atoms with E-state index in [1.165, 1.54) is 0 Å². The summed E-state index contributed by atoms with van der Waals surface area (Å²) in [6.45, 7) is 0.820. The molecular formula is C14H17BrO3. The third-order valence-corrected chi connectivity index (χ3v) is 3.90. The number of aliphatic carboxylic acids is 1. The van der Waals surface area contributed by atoms with Crippen molar-refractivity contribution in [2.75, 3.05) is 6.61 Å². The number of carboxylic acids is 1. The molecule has 1 aromatic rings. The number of benzene rings is 1. The molecule has 0 bridgehead atoms. The molecule has 0 amide bonds. The molecule has 2 rings (SSSR count). The van der Waals surface area contributed by atoms with E-state index in [1.54, 1.807) is 0 Å². The second kappa shape index (κ2) is 6.34. The third-order valence-electron chi connectivity index (χ3n) is 3.37. The predicted molar refractivity (Wildman–Crippen MR) is 72.7 cm³/mol. The van der Waals surface area contributed by atoms with Crippen molar-refractivity contribution < 1.29 is 14.6 Å². The van der Waals surface area contributed by atoms with Crippen LogP contribution in [0.1, 0.15) is 37.2 Å². The molecule has 0 spiro atoms. The highest BCUT2D eigenvalue weighted by molar-refractivity contribution is 9.10. The number of rotatable bonds is 5. The van der Waals surface area contributed by atoms with Crippen molar-refractivity contribution >= 4 is 21.9 Å². The average Bonchev–Trinajstić information content (AvgIpc) is 2.84. The molecule has 2 atom stereocenters. The van der Waals surface area contributed by atoms with Gasteiger partial charge in [-0.3, -0.25) is 4.79 Å². The minimum absolute atomic E-state index is 0.252. The first-order valence-electron chi connectivity index (χ1n) is 6.26. The molecule has 0 aliphatic carbocycles. The highest BCUT2D eigenvalue weighted by atomic mass is 79.9. The van der Waals surface area contributed by atoms with Crippen LogP contribution in [0.4, 0.5) is 0 Å². The molecule has 0 saturated carbocycles. The maximum atomic E-state index is 11.3. The molecule has 1 aliphatic heterocycles. The van der Waals surface area contributed by atoms with Crippen LogP contribution in [0.5, 0.6) is 0 Å². The van der Waals surface area contributed by atoms with Crippen LogP contribution in [0.3, 0.4) is 0 Å². The lowest BCUT2D eigenvalue weighted by Gasteiger charge is -2.15. The Kier molecular flexibility index (Phi) is 4.78. The molecule has 98 valence electrons. The van der Waals surface area contributed by atoms with Crippen LogP contribution in [0, 0.1) is 0 Å². The molecule has 1 fully saturated rings. The van der Waals surface area contributed by atoms with E-state index in [-0.39, 0.29) is 6.10 Å². The fourth-order valence-corrected chi connectivity index (χ4v) is 2.62. The van der Waals surface area contributed by atoms with Crippen molar-refractivity contribution in [2.45, 2.75) is 37.7 Å². The van der Waals surface area contributed by atoms with Crippen molar-refractivity contribution in [3.8, 4) is 0 Å². The first-order valence-corrected chi connectivity index (χ1v) is 7.06. The first-order chi connectivity index (χ1) is 8.66. The molecule has 1 saturated heterocycles. The molecular weight excluding hydrogens is 296 g/mol. The van der Waals surface area contributed by atoms with Gasteiger partial charge in [0.15, 0.2) is 0 Å². The van der Waals surface area contributed by atoms with Crippen molar-refractivity contribution in [3.05, 3.63) is 34.3 Å². The molecule has 0 aromatic heterocycles. The zero-order chi connectivity index (χ0) is 13.0. The van der Waals surface area contributed by atoms with Gasteiger partial charge in [-0.05, 0) is 43.4 Å². The standard InChI is InChI=1S/C14H17BrO3/c15-11-5-3-10(4-6-11)13(14(16)17)8-7-12-2-1-9-18-12/h3-6,12-13H,1-2,7-9H2,(H,16,17). The minimum Gasteiger partial charge on any atom is -0.481 e. The molecule has 18 heavy (non-hydrogen) atoms. The Bertz CT molecular complexity index is 396. The van der Waals surface area contributed by atoms with Crippen molar-refractivity contribution in [3.63, 3.8) is 0 Å². The Balaban J connectivity index is 1.99. The van der Waals surface area contributed by atoms with Crippen molar-refractivity contribution in [2.24, 2.45) is 0 Å². The van der Waals surface area contributed by atoms with Gasteiger partial charge in [0.1, 0.15) is 0 Å². The van der Waals surface area contributed by atoms with Gasteiger partial charge in [0, 0.05) is 11.1 Å². The van der Waals surface area contributed by atoms with Gasteiger partial charge >= 0.3 is 5.97 Å². The zero-order valence-electron chi connectivity index (χ0n) is 10.1. The highest BCUT2D eigenvalue weighted by Crippen LogP contribution is 2.27. The summed E-state index contributed by atoms with van der Waals surface area (Å²) >= 11 is 3.36. The average molecular weight is 313 g/mol. The van der Waals surface area contributed by atoms with E-state index >= 15 is 0 Å². The summed E-state index contributed by atoms with van der Waals surface area (Å²) in [6, 6.07) is 7.52. The number of hydrogen-bond acceptors (Lipinski definition) is 2. The summed E-state index contributed by atoms with van der Waals surface area (Å²) in [6.07, 6.45) is 3.88. The van der Waals surface area contributed by atoms with E-state index in [9.17, 15) is 9.90 Å². The number of carboxylic acid groups (broad SMARTS) is 1. The smallest absolute Gasteiger partial charge is 0.310 e. The molecule has 1 aromatic carbocycles. The highest BCUT2D eigenvalue weighted by Gasteiger charge is 2.23. The van der Waals surface area contributed by atoms with E-state index in [2.05, 4.69) is 15.9 Å². The lowest BCUT2D eigenvalue weighted by Crippen LogP contribution is -2.15. The van der Waals surface area contributed by atoms with Gasteiger partial charge in [-0.25, -0.2) is 0 Å². The van der Waals surface area contributed by atoms with Gasteiger partial charge in [0.25, 0.3) is 0 Å². The van der Waals surface area contributed by atoms with Crippen molar-refractivity contribution in [1.82, 2.24) is 0 Å². The number of carbonyl (C=O) groups is 1. The minimum atomic E-state index is -0.754. The van der Waals surface area contributed by atoms with Gasteiger partial charge < -0.3 is 9.84 Å². The summed E-state index contributed by atoms with van der Waals surface area (Å²) in [5, 5.41) is 9.32. The molecule has 1 N–H and O–H groups in total. The Morgan fingerprint density at radius 1 is 1.44 bits per heavy atom. The predicted octanol–water partition coefficient (Wildman–Crippen LogP) is 3.58. The van der Waals surface area contributed by atoms with Crippen LogP contribution in [0.2, 0.25) is 0 Å². The van der Waals surface area contributed by atoms with Crippen LogP contribution in [0.15, 0.2) is 28.7 Å². The van der Waals surface area contributed by atoms with E-state index in [0.717, 1.165) is 35.9 Å². The number of ether oxygens (including phenoxy) is 1. The van der Waals surface area contributed by atoms with Gasteiger partial charge in [-0.1, -0.05) is 28.1 Å². The molecule has 0 radical (unpaired) electrons. The first kappa shape index (κ1) is 13.6. The Morgan fingerprint density at radius 3 is 2.72 bits per heavy atom. The summed E-state index contributed by atoms with van der Waals surface area (Å²) in [7, 11) is 0. The summed E-state index contributed by atoms with van der Waals surface area (Å²) in [5.74, 6) is -1.18. The second-order valence-corrected chi connectivity index (χ2v) is 5.57. The summed E-state index contributed by atoms with van der Waals surface area (Å²) < 4.78 is 6.50. The fourth-order valence-electron chi connectivity index (χ4n) is 2.35. The molecule has 3 nitrogen and oxygen atoms in total. The van der Waals surface area contributed by atoms with Crippen LogP contribution in [-0.2, 0) is 9.53 Å². The molecule has 2 unspecified atom stereocenters. The van der Waals surface area contributed by atoms with E-state index in [0.29, 0.717) is 6.42 Å². The Labute approximate surface area is 115 Å². The molecule has 1 heterocycles. The lowest BCUT2D eigenvalue weighted by atomic mass is 9.92. The lowest BCUT2D eigenvalue weighted by molar-refractivity contribution is -0.139. The fraction of sp³-hybridized carbons (Fsp3) is 0.500. The van der Waals surface area contributed by atoms with Crippen LogP contribution < -0.4 is 0 Å². The monoisotopic (exact) mass is 312 g/mol. The van der Waals surface area contributed by atoms with Gasteiger partial charge in [0.2, 0.25) is 0 Å². The quantitative estimate of drug-likeness (QED) is 0.904.